The van der Waals surface area contributed by atoms with E-state index in [4.69, 9.17) is 5.11 Å². The van der Waals surface area contributed by atoms with Gasteiger partial charge in [-0.2, -0.15) is 0 Å². The third-order valence-electron chi connectivity index (χ3n) is 5.19. The zero-order valence-corrected chi connectivity index (χ0v) is 11.1. The number of piperidine rings is 2. The Balaban J connectivity index is 1.52. The monoisotopic (exact) mass is 252 g/mol. The Kier molecular flexibility index (Phi) is 3.57. The molecule has 0 saturated carbocycles. The van der Waals surface area contributed by atoms with Crippen molar-refractivity contribution < 1.29 is 9.90 Å². The Morgan fingerprint density at radius 3 is 2.22 bits per heavy atom. The minimum absolute atomic E-state index is 0.0900. The number of nitrogens with zero attached hydrogens (tertiary/aromatic N) is 2. The van der Waals surface area contributed by atoms with Gasteiger partial charge in [0, 0.05) is 12.1 Å². The van der Waals surface area contributed by atoms with Crippen LogP contribution in [0.3, 0.4) is 0 Å². The van der Waals surface area contributed by atoms with Crippen LogP contribution in [0.2, 0.25) is 0 Å². The van der Waals surface area contributed by atoms with Crippen LogP contribution in [0, 0.1) is 5.92 Å². The fraction of sp³-hybridized carbons (Fsp3) is 0.929. The molecule has 102 valence electrons. The molecule has 0 aromatic rings. The number of carboxylic acid groups (broad SMARTS) is 1. The third kappa shape index (κ3) is 2.41. The Hall–Kier alpha value is -0.610. The summed E-state index contributed by atoms with van der Waals surface area (Å²) >= 11 is 0. The second kappa shape index (κ2) is 5.17. The average molecular weight is 252 g/mol. The first kappa shape index (κ1) is 12.4. The van der Waals surface area contributed by atoms with Gasteiger partial charge in [-0.15, -0.1) is 0 Å². The van der Waals surface area contributed by atoms with Crippen LogP contribution in [0.5, 0.6) is 0 Å². The van der Waals surface area contributed by atoms with Gasteiger partial charge in [0.1, 0.15) is 0 Å². The van der Waals surface area contributed by atoms with Gasteiger partial charge in [0.25, 0.3) is 0 Å². The first-order chi connectivity index (χ1) is 8.74. The molecule has 4 nitrogen and oxygen atoms in total. The van der Waals surface area contributed by atoms with Gasteiger partial charge < -0.3 is 14.9 Å². The summed E-state index contributed by atoms with van der Waals surface area (Å²) in [6.07, 6.45) is 7.05. The third-order valence-corrected chi connectivity index (χ3v) is 5.19. The fourth-order valence-corrected chi connectivity index (χ4v) is 4.05. The van der Waals surface area contributed by atoms with Gasteiger partial charge >= 0.3 is 5.97 Å². The lowest BCUT2D eigenvalue weighted by Crippen LogP contribution is -2.50. The molecule has 0 aromatic heterocycles. The summed E-state index contributed by atoms with van der Waals surface area (Å²) in [6.45, 7) is 4.55. The molecule has 3 aliphatic heterocycles. The molecule has 0 aliphatic carbocycles. The van der Waals surface area contributed by atoms with Gasteiger partial charge in [-0.25, -0.2) is 0 Å². The van der Waals surface area contributed by atoms with Crippen LogP contribution in [0.1, 0.15) is 38.5 Å². The van der Waals surface area contributed by atoms with E-state index >= 15 is 0 Å². The molecule has 0 amide bonds. The van der Waals surface area contributed by atoms with E-state index in [1.165, 1.54) is 38.8 Å². The molecule has 3 aliphatic rings. The number of likely N-dealkylation sites (tertiary alicyclic amines) is 1. The lowest BCUT2D eigenvalue weighted by atomic mass is 9.91. The molecular weight excluding hydrogens is 228 g/mol. The average Bonchev–Trinajstić information content (AvgIpc) is 2.86. The Bertz CT molecular complexity index is 313. The lowest BCUT2D eigenvalue weighted by molar-refractivity contribution is -0.143. The van der Waals surface area contributed by atoms with Crippen molar-refractivity contribution in [2.45, 2.75) is 50.6 Å². The van der Waals surface area contributed by atoms with Crippen LogP contribution >= 0.6 is 0 Å². The first-order valence-electron chi connectivity index (χ1n) is 7.45. The predicted octanol–water partition coefficient (Wildman–Crippen LogP) is 1.41. The zero-order chi connectivity index (χ0) is 12.5. The van der Waals surface area contributed by atoms with Gasteiger partial charge in [0.15, 0.2) is 0 Å². The number of carboxylic acids is 1. The molecule has 18 heavy (non-hydrogen) atoms. The van der Waals surface area contributed by atoms with Crippen molar-refractivity contribution >= 4 is 5.97 Å². The van der Waals surface area contributed by atoms with Crippen molar-refractivity contribution in [2.75, 3.05) is 26.2 Å². The van der Waals surface area contributed by atoms with E-state index in [9.17, 15) is 4.79 Å². The molecule has 3 rings (SSSR count). The van der Waals surface area contributed by atoms with Gasteiger partial charge in [0.05, 0.1) is 5.92 Å². The molecule has 2 unspecified atom stereocenters. The second-order valence-corrected chi connectivity index (χ2v) is 6.16. The topological polar surface area (TPSA) is 43.8 Å². The largest absolute Gasteiger partial charge is 0.481 e. The molecule has 2 atom stereocenters. The van der Waals surface area contributed by atoms with Crippen molar-refractivity contribution in [3.8, 4) is 0 Å². The highest BCUT2D eigenvalue weighted by Crippen LogP contribution is 2.31. The minimum atomic E-state index is -0.597. The Morgan fingerprint density at radius 2 is 1.50 bits per heavy atom. The molecule has 3 saturated heterocycles. The highest BCUT2D eigenvalue weighted by Gasteiger charge is 2.35. The number of aliphatic carboxylic acids is 1. The smallest absolute Gasteiger partial charge is 0.306 e. The molecule has 0 aromatic carbocycles. The van der Waals surface area contributed by atoms with E-state index in [0.717, 1.165) is 38.0 Å². The molecule has 4 heteroatoms. The maximum atomic E-state index is 11.0. The minimum Gasteiger partial charge on any atom is -0.481 e. The highest BCUT2D eigenvalue weighted by atomic mass is 16.4. The Morgan fingerprint density at radius 1 is 0.889 bits per heavy atom. The van der Waals surface area contributed by atoms with E-state index < -0.39 is 5.97 Å². The summed E-state index contributed by atoms with van der Waals surface area (Å²) in [6, 6.07) is 1.54. The normalized spacial score (nSPS) is 35.6. The second-order valence-electron chi connectivity index (χ2n) is 6.16. The van der Waals surface area contributed by atoms with E-state index in [2.05, 4.69) is 9.80 Å². The van der Waals surface area contributed by atoms with Gasteiger partial charge in [-0.1, -0.05) is 0 Å². The van der Waals surface area contributed by atoms with Crippen LogP contribution in [0.15, 0.2) is 0 Å². The highest BCUT2D eigenvalue weighted by molar-refractivity contribution is 5.70. The van der Waals surface area contributed by atoms with Crippen molar-refractivity contribution in [1.29, 1.82) is 0 Å². The molecule has 1 N–H and O–H groups in total. The molecule has 3 fully saturated rings. The van der Waals surface area contributed by atoms with Crippen molar-refractivity contribution in [1.82, 2.24) is 9.80 Å². The predicted molar refractivity (Wildman–Crippen MR) is 69.5 cm³/mol. The van der Waals surface area contributed by atoms with Gasteiger partial charge in [-0.05, 0) is 64.7 Å². The SMILES string of the molecule is O=C(O)C1CCN(C2CCN3CCCC3C2)CC1. The van der Waals surface area contributed by atoms with Crippen molar-refractivity contribution in [3.63, 3.8) is 0 Å². The number of rotatable bonds is 2. The van der Waals surface area contributed by atoms with Crippen LogP contribution in [-0.2, 0) is 4.79 Å². The fourth-order valence-electron chi connectivity index (χ4n) is 4.05. The maximum Gasteiger partial charge on any atom is 0.306 e. The van der Waals surface area contributed by atoms with E-state index in [0.29, 0.717) is 0 Å². The number of carbonyl (C=O) groups is 1. The number of hydrogen-bond acceptors (Lipinski definition) is 3. The van der Waals surface area contributed by atoms with Gasteiger partial charge in [-0.3, -0.25) is 4.79 Å². The van der Waals surface area contributed by atoms with Crippen LogP contribution in [0.4, 0.5) is 0 Å². The summed E-state index contributed by atoms with van der Waals surface area (Å²) < 4.78 is 0. The molecule has 0 spiro atoms. The molecule has 3 heterocycles. The Labute approximate surface area is 109 Å². The summed E-state index contributed by atoms with van der Waals surface area (Å²) in [7, 11) is 0. The van der Waals surface area contributed by atoms with E-state index in [1.54, 1.807) is 0 Å². The van der Waals surface area contributed by atoms with Crippen molar-refractivity contribution in [3.05, 3.63) is 0 Å². The lowest BCUT2D eigenvalue weighted by Gasteiger charge is -2.43. The maximum absolute atomic E-state index is 11.0. The van der Waals surface area contributed by atoms with Crippen LogP contribution in [0.25, 0.3) is 0 Å². The number of hydrogen-bond donors (Lipinski definition) is 1. The summed E-state index contributed by atoms with van der Waals surface area (Å²) in [5, 5.41) is 9.03. The standard InChI is InChI=1S/C14H24N2O2/c17-14(18)11-3-7-16(8-4-11)13-5-9-15-6-1-2-12(15)10-13/h11-13H,1-10H2,(H,17,18). The summed E-state index contributed by atoms with van der Waals surface area (Å²) in [4.78, 5) is 16.2. The summed E-state index contributed by atoms with van der Waals surface area (Å²) in [5.74, 6) is -0.687. The van der Waals surface area contributed by atoms with Crippen LogP contribution in [-0.4, -0.2) is 59.1 Å². The molecule has 0 bridgehead atoms. The van der Waals surface area contributed by atoms with Crippen LogP contribution < -0.4 is 0 Å². The first-order valence-corrected chi connectivity index (χ1v) is 7.45. The van der Waals surface area contributed by atoms with Crippen molar-refractivity contribution in [2.24, 2.45) is 5.92 Å². The summed E-state index contributed by atoms with van der Waals surface area (Å²) in [5.41, 5.74) is 0. The van der Waals surface area contributed by atoms with E-state index in [1.807, 2.05) is 0 Å². The zero-order valence-electron chi connectivity index (χ0n) is 11.1. The molecule has 0 radical (unpaired) electrons. The quantitative estimate of drug-likeness (QED) is 0.807. The number of fused-ring (bicyclic) bond motifs is 1. The molecular formula is C14H24N2O2. The van der Waals surface area contributed by atoms with E-state index in [-0.39, 0.29) is 5.92 Å². The van der Waals surface area contributed by atoms with Gasteiger partial charge in [0.2, 0.25) is 0 Å².